The predicted octanol–water partition coefficient (Wildman–Crippen LogP) is -3.00. The lowest BCUT2D eigenvalue weighted by Gasteiger charge is -2.25. The molecule has 0 aliphatic carbocycles. The molecule has 4 amide bonds. The largest absolute Gasteiger partial charge is 0.480 e. The van der Waals surface area contributed by atoms with Gasteiger partial charge in [-0.1, -0.05) is 30.3 Å². The summed E-state index contributed by atoms with van der Waals surface area (Å²) in [4.78, 5) is 60.7. The summed E-state index contributed by atoms with van der Waals surface area (Å²) >= 11 is 0. The van der Waals surface area contributed by atoms with Crippen LogP contribution >= 0.6 is 0 Å². The van der Waals surface area contributed by atoms with Crippen molar-refractivity contribution in [1.29, 1.82) is 0 Å². The van der Waals surface area contributed by atoms with Crippen molar-refractivity contribution < 1.29 is 39.3 Å². The molecule has 0 aliphatic heterocycles. The van der Waals surface area contributed by atoms with E-state index in [1.54, 1.807) is 30.3 Å². The van der Waals surface area contributed by atoms with Gasteiger partial charge in [-0.2, -0.15) is 0 Å². The average molecular weight is 496 g/mol. The van der Waals surface area contributed by atoms with Crippen molar-refractivity contribution in [2.24, 2.45) is 5.73 Å². The molecule has 194 valence electrons. The van der Waals surface area contributed by atoms with Gasteiger partial charge in [0.1, 0.15) is 24.2 Å². The van der Waals surface area contributed by atoms with E-state index in [1.807, 2.05) is 5.32 Å². The molecule has 1 aromatic carbocycles. The summed E-state index contributed by atoms with van der Waals surface area (Å²) in [6, 6.07) is 3.61. The maximum Gasteiger partial charge on any atom is 0.328 e. The summed E-state index contributed by atoms with van der Waals surface area (Å²) in [5.74, 6) is -4.45. The summed E-state index contributed by atoms with van der Waals surface area (Å²) in [7, 11) is 0. The highest BCUT2D eigenvalue weighted by atomic mass is 16.4. The average Bonchev–Trinajstić information content (AvgIpc) is 2.82. The molecular weight excluding hydrogens is 462 g/mol. The maximum atomic E-state index is 13.0. The summed E-state index contributed by atoms with van der Waals surface area (Å²) in [6.45, 7) is -0.297. The minimum Gasteiger partial charge on any atom is -0.480 e. The maximum absolute atomic E-state index is 13.0. The fraction of sp³-hybridized carbons (Fsp3) is 0.500. The van der Waals surface area contributed by atoms with Crippen molar-refractivity contribution in [3.05, 3.63) is 35.9 Å². The lowest BCUT2D eigenvalue weighted by Crippen LogP contribution is -2.59. The third-order valence-electron chi connectivity index (χ3n) is 4.92. The van der Waals surface area contributed by atoms with Gasteiger partial charge in [0.05, 0.1) is 13.2 Å². The summed E-state index contributed by atoms with van der Waals surface area (Å²) in [5.41, 5.74) is 6.30. The molecule has 0 unspecified atom stereocenters. The number of nitrogens with one attached hydrogen (secondary N) is 4. The number of rotatable bonds is 15. The minimum atomic E-state index is -1.63. The Kier molecular flexibility index (Phi) is 12.9. The molecule has 0 saturated heterocycles. The first-order valence-electron chi connectivity index (χ1n) is 11.0. The second kappa shape index (κ2) is 15.4. The van der Waals surface area contributed by atoms with Gasteiger partial charge in [-0.05, 0) is 24.9 Å². The third kappa shape index (κ3) is 10.5. The number of nitrogens with two attached hydrogens (primary N) is 1. The second-order valence-corrected chi connectivity index (χ2v) is 7.76. The number of carbonyl (C=O) groups excluding carboxylic acids is 4. The van der Waals surface area contributed by atoms with E-state index in [4.69, 9.17) is 15.9 Å². The van der Waals surface area contributed by atoms with E-state index >= 15 is 0 Å². The van der Waals surface area contributed by atoms with Crippen LogP contribution in [0.15, 0.2) is 30.3 Å². The molecule has 4 atom stereocenters. The van der Waals surface area contributed by atoms with Gasteiger partial charge in [0, 0.05) is 13.3 Å². The van der Waals surface area contributed by atoms with Crippen LogP contribution in [0.2, 0.25) is 0 Å². The Bertz CT molecular complexity index is 867. The van der Waals surface area contributed by atoms with Crippen molar-refractivity contribution in [2.45, 2.75) is 50.4 Å². The SMILES string of the molecule is CC(=O)N[C@@H](Cc1ccccc1)C(=O)N[C@@H](CCCN)C(=O)N[C@@H](CO)C(=O)N[C@@H](CO)C(=O)O. The Morgan fingerprint density at radius 1 is 0.800 bits per heavy atom. The number of amides is 4. The summed E-state index contributed by atoms with van der Waals surface area (Å²) < 4.78 is 0. The Morgan fingerprint density at radius 3 is 1.83 bits per heavy atom. The highest BCUT2D eigenvalue weighted by Crippen LogP contribution is 2.06. The van der Waals surface area contributed by atoms with Crippen LogP contribution in [0.5, 0.6) is 0 Å². The second-order valence-electron chi connectivity index (χ2n) is 7.76. The summed E-state index contributed by atoms with van der Waals surface area (Å²) in [6.07, 6.45) is 0.598. The first-order valence-corrected chi connectivity index (χ1v) is 11.0. The minimum absolute atomic E-state index is 0.0976. The number of benzene rings is 1. The number of carboxylic acids is 1. The number of aliphatic hydroxyl groups is 2. The van der Waals surface area contributed by atoms with Gasteiger partial charge in [-0.15, -0.1) is 0 Å². The third-order valence-corrected chi connectivity index (χ3v) is 4.92. The Balaban J connectivity index is 2.96. The molecule has 0 bridgehead atoms. The van der Waals surface area contributed by atoms with E-state index in [0.717, 1.165) is 5.56 Å². The molecular formula is C22H33N5O8. The molecule has 1 aromatic rings. The van der Waals surface area contributed by atoms with Crippen molar-refractivity contribution >= 4 is 29.6 Å². The normalized spacial score (nSPS) is 14.1. The molecule has 13 heteroatoms. The number of aliphatic carboxylic acids is 1. The van der Waals surface area contributed by atoms with E-state index in [1.165, 1.54) is 6.92 Å². The molecule has 0 spiro atoms. The Morgan fingerprint density at radius 2 is 1.31 bits per heavy atom. The zero-order chi connectivity index (χ0) is 26.4. The standard InChI is InChI=1S/C22H33N5O8/c1-13(30)24-16(10-14-6-3-2-4-7-14)20(32)25-15(8-5-9-23)19(31)26-17(11-28)21(33)27-18(12-29)22(34)35/h2-4,6-7,15-18,28-29H,5,8-12,23H2,1H3,(H,24,30)(H,25,32)(H,26,31)(H,27,33)(H,34,35)/t15-,16-,17-,18-/m0/s1. The van der Waals surface area contributed by atoms with Crippen LogP contribution < -0.4 is 27.0 Å². The van der Waals surface area contributed by atoms with Gasteiger partial charge < -0.3 is 42.3 Å². The van der Waals surface area contributed by atoms with E-state index in [0.29, 0.717) is 6.42 Å². The lowest BCUT2D eigenvalue weighted by molar-refractivity contribution is -0.143. The zero-order valence-electron chi connectivity index (χ0n) is 19.4. The number of aliphatic hydroxyl groups excluding tert-OH is 2. The van der Waals surface area contributed by atoms with Gasteiger partial charge in [0.25, 0.3) is 0 Å². The monoisotopic (exact) mass is 495 g/mol. The Hall–Kier alpha value is -3.55. The lowest BCUT2D eigenvalue weighted by atomic mass is 10.0. The first kappa shape index (κ1) is 29.5. The molecule has 0 fully saturated rings. The quantitative estimate of drug-likeness (QED) is 0.124. The number of carbonyl (C=O) groups is 5. The van der Waals surface area contributed by atoms with Crippen LogP contribution in [0, 0.1) is 0 Å². The molecule has 0 aliphatic rings. The highest BCUT2D eigenvalue weighted by Gasteiger charge is 2.30. The van der Waals surface area contributed by atoms with Crippen LogP contribution in [0.25, 0.3) is 0 Å². The number of hydrogen-bond acceptors (Lipinski definition) is 8. The van der Waals surface area contributed by atoms with Crippen molar-refractivity contribution in [1.82, 2.24) is 21.3 Å². The molecule has 0 aromatic heterocycles. The molecule has 0 saturated carbocycles. The van der Waals surface area contributed by atoms with Crippen LogP contribution in [0.1, 0.15) is 25.3 Å². The van der Waals surface area contributed by atoms with Crippen LogP contribution in [-0.4, -0.2) is 88.8 Å². The van der Waals surface area contributed by atoms with Crippen LogP contribution in [0.3, 0.4) is 0 Å². The number of hydrogen-bond donors (Lipinski definition) is 8. The molecule has 1 rings (SSSR count). The fourth-order valence-electron chi connectivity index (χ4n) is 3.09. The van der Waals surface area contributed by atoms with Crippen LogP contribution in [-0.2, 0) is 30.4 Å². The molecule has 0 radical (unpaired) electrons. The molecule has 13 nitrogen and oxygen atoms in total. The van der Waals surface area contributed by atoms with E-state index < -0.39 is 67.0 Å². The van der Waals surface area contributed by atoms with Gasteiger partial charge in [0.15, 0.2) is 0 Å². The van der Waals surface area contributed by atoms with Crippen molar-refractivity contribution in [3.63, 3.8) is 0 Å². The Labute approximate surface area is 202 Å². The molecule has 9 N–H and O–H groups in total. The van der Waals surface area contributed by atoms with Gasteiger partial charge in [-0.25, -0.2) is 4.79 Å². The topological polar surface area (TPSA) is 220 Å². The first-order chi connectivity index (χ1) is 16.6. The molecule has 35 heavy (non-hydrogen) atoms. The summed E-state index contributed by atoms with van der Waals surface area (Å²) in [5, 5.41) is 36.9. The van der Waals surface area contributed by atoms with E-state index in [2.05, 4.69) is 16.0 Å². The van der Waals surface area contributed by atoms with Crippen molar-refractivity contribution in [2.75, 3.05) is 19.8 Å². The van der Waals surface area contributed by atoms with E-state index in [-0.39, 0.29) is 19.4 Å². The van der Waals surface area contributed by atoms with Gasteiger partial charge in [-0.3, -0.25) is 19.2 Å². The molecule has 0 heterocycles. The highest BCUT2D eigenvalue weighted by molar-refractivity contribution is 5.95. The fourth-order valence-corrected chi connectivity index (χ4v) is 3.09. The smallest absolute Gasteiger partial charge is 0.328 e. The van der Waals surface area contributed by atoms with Gasteiger partial charge in [0.2, 0.25) is 23.6 Å². The van der Waals surface area contributed by atoms with E-state index in [9.17, 15) is 29.1 Å². The van der Waals surface area contributed by atoms with Gasteiger partial charge >= 0.3 is 5.97 Å². The predicted molar refractivity (Wildman–Crippen MR) is 124 cm³/mol. The number of carboxylic acid groups (broad SMARTS) is 1. The van der Waals surface area contributed by atoms with Crippen LogP contribution in [0.4, 0.5) is 0 Å². The van der Waals surface area contributed by atoms with Crippen molar-refractivity contribution in [3.8, 4) is 0 Å². The zero-order valence-corrected chi connectivity index (χ0v) is 19.4.